The highest BCUT2D eigenvalue weighted by atomic mass is 35.5. The first-order chi connectivity index (χ1) is 9.25. The minimum Gasteiger partial charge on any atom is -0.341 e. The van der Waals surface area contributed by atoms with Crippen molar-refractivity contribution in [1.82, 2.24) is 4.90 Å². The number of nitrogens with two attached hydrogens (primary N) is 1. The number of hydrogen-bond acceptors (Lipinski definition) is 3. The Morgan fingerprint density at radius 1 is 1.24 bits per heavy atom. The van der Waals surface area contributed by atoms with Crippen molar-refractivity contribution in [2.24, 2.45) is 11.1 Å². The van der Waals surface area contributed by atoms with E-state index in [1.54, 1.807) is 36.2 Å². The summed E-state index contributed by atoms with van der Waals surface area (Å²) in [6, 6.07) is 6.85. The molecule has 0 aliphatic heterocycles. The summed E-state index contributed by atoms with van der Waals surface area (Å²) in [5, 5.41) is 2.67. The van der Waals surface area contributed by atoms with Gasteiger partial charge in [0.2, 0.25) is 5.91 Å². The number of halogens is 1. The highest BCUT2D eigenvalue weighted by molar-refractivity contribution is 5.95. The quantitative estimate of drug-likeness (QED) is 0.874. The Bertz CT molecular complexity index is 486. The molecule has 0 unspecified atom stereocenters. The van der Waals surface area contributed by atoms with Gasteiger partial charge in [-0.25, -0.2) is 0 Å². The molecule has 1 aromatic carbocycles. The first kappa shape index (κ1) is 19.4. The summed E-state index contributed by atoms with van der Waals surface area (Å²) in [5.74, 6) is -0.188. The molecule has 0 fully saturated rings. The third kappa shape index (κ3) is 6.14. The Labute approximate surface area is 132 Å². The fourth-order valence-electron chi connectivity index (χ4n) is 1.90. The van der Waals surface area contributed by atoms with E-state index in [4.69, 9.17) is 5.73 Å². The van der Waals surface area contributed by atoms with Gasteiger partial charge >= 0.3 is 0 Å². The van der Waals surface area contributed by atoms with Gasteiger partial charge in [-0.15, -0.1) is 12.4 Å². The fraction of sp³-hybridized carbons (Fsp3) is 0.467. The lowest BCUT2D eigenvalue weighted by atomic mass is 9.93. The average Bonchev–Trinajstić information content (AvgIpc) is 2.37. The normalized spacial score (nSPS) is 10.5. The predicted molar refractivity (Wildman–Crippen MR) is 87.8 cm³/mol. The van der Waals surface area contributed by atoms with Crippen LogP contribution in [0.4, 0.5) is 5.69 Å². The molecule has 0 saturated carbocycles. The summed E-state index contributed by atoms with van der Waals surface area (Å²) >= 11 is 0. The van der Waals surface area contributed by atoms with E-state index in [2.05, 4.69) is 5.32 Å². The molecule has 5 nitrogen and oxygen atoms in total. The molecule has 0 heterocycles. The van der Waals surface area contributed by atoms with Gasteiger partial charge in [-0.3, -0.25) is 9.59 Å². The maximum atomic E-state index is 12.3. The Hall–Kier alpha value is -1.59. The lowest BCUT2D eigenvalue weighted by Crippen LogP contribution is -2.39. The van der Waals surface area contributed by atoms with Crippen molar-refractivity contribution in [2.45, 2.75) is 20.8 Å². The number of carbonyl (C=O) groups excluding carboxylic acids is 2. The molecule has 0 aliphatic carbocycles. The topological polar surface area (TPSA) is 75.4 Å². The monoisotopic (exact) mass is 313 g/mol. The Morgan fingerprint density at radius 2 is 1.76 bits per heavy atom. The summed E-state index contributed by atoms with van der Waals surface area (Å²) in [4.78, 5) is 24.9. The summed E-state index contributed by atoms with van der Waals surface area (Å²) in [6.45, 7) is 6.61. The van der Waals surface area contributed by atoms with Gasteiger partial charge in [-0.2, -0.15) is 0 Å². The van der Waals surface area contributed by atoms with E-state index in [1.165, 1.54) is 6.92 Å². The first-order valence-corrected chi connectivity index (χ1v) is 6.58. The second-order valence-corrected chi connectivity index (χ2v) is 5.79. The standard InChI is InChI=1S/C15H23N3O2.ClH/c1-11(19)17-13-7-5-12(6-8-13)14(20)18(4)10-15(2,3)9-16;/h5-8H,9-10,16H2,1-4H3,(H,17,19);1H. The van der Waals surface area contributed by atoms with Crippen molar-refractivity contribution in [3.8, 4) is 0 Å². The number of nitrogens with zero attached hydrogens (tertiary/aromatic N) is 1. The number of nitrogens with one attached hydrogen (secondary N) is 1. The molecule has 6 heteroatoms. The van der Waals surface area contributed by atoms with Crippen molar-refractivity contribution in [1.29, 1.82) is 0 Å². The van der Waals surface area contributed by atoms with E-state index in [1.807, 2.05) is 13.8 Å². The molecule has 0 atom stereocenters. The van der Waals surface area contributed by atoms with Crippen LogP contribution in [0.15, 0.2) is 24.3 Å². The summed E-state index contributed by atoms with van der Waals surface area (Å²) in [6.07, 6.45) is 0. The molecule has 3 N–H and O–H groups in total. The molecule has 0 aliphatic rings. The van der Waals surface area contributed by atoms with Crippen LogP contribution < -0.4 is 11.1 Å². The lowest BCUT2D eigenvalue weighted by molar-refractivity contribution is -0.114. The van der Waals surface area contributed by atoms with Gasteiger partial charge in [-0.05, 0) is 36.2 Å². The Morgan fingerprint density at radius 3 is 2.19 bits per heavy atom. The average molecular weight is 314 g/mol. The molecule has 1 aromatic rings. The van der Waals surface area contributed by atoms with E-state index in [-0.39, 0.29) is 29.6 Å². The van der Waals surface area contributed by atoms with Crippen LogP contribution in [-0.4, -0.2) is 36.9 Å². The van der Waals surface area contributed by atoms with Crippen LogP contribution in [0.3, 0.4) is 0 Å². The van der Waals surface area contributed by atoms with Crippen LogP contribution in [-0.2, 0) is 4.79 Å². The molecule has 118 valence electrons. The SMILES string of the molecule is CC(=O)Nc1ccc(C(=O)N(C)CC(C)(C)CN)cc1.Cl. The largest absolute Gasteiger partial charge is 0.341 e. The van der Waals surface area contributed by atoms with Crippen LogP contribution in [0.2, 0.25) is 0 Å². The number of amides is 2. The van der Waals surface area contributed by atoms with Gasteiger partial charge in [0.05, 0.1) is 0 Å². The van der Waals surface area contributed by atoms with E-state index in [0.717, 1.165) is 0 Å². The van der Waals surface area contributed by atoms with Crippen molar-refractivity contribution in [3.63, 3.8) is 0 Å². The zero-order chi connectivity index (χ0) is 15.3. The van der Waals surface area contributed by atoms with Crippen molar-refractivity contribution in [3.05, 3.63) is 29.8 Å². The van der Waals surface area contributed by atoms with Crippen LogP contribution >= 0.6 is 12.4 Å². The molecule has 1 rings (SSSR count). The van der Waals surface area contributed by atoms with Gasteiger partial charge in [0.25, 0.3) is 5.91 Å². The van der Waals surface area contributed by atoms with Crippen LogP contribution in [0.5, 0.6) is 0 Å². The fourth-order valence-corrected chi connectivity index (χ4v) is 1.90. The highest BCUT2D eigenvalue weighted by Gasteiger charge is 2.21. The smallest absolute Gasteiger partial charge is 0.253 e. The maximum absolute atomic E-state index is 12.3. The molecular weight excluding hydrogens is 290 g/mol. The molecule has 0 bridgehead atoms. The van der Waals surface area contributed by atoms with E-state index >= 15 is 0 Å². The molecule has 21 heavy (non-hydrogen) atoms. The second kappa shape index (κ2) is 8.00. The molecule has 2 amide bonds. The van der Waals surface area contributed by atoms with Crippen LogP contribution in [0.1, 0.15) is 31.1 Å². The number of anilines is 1. The summed E-state index contributed by atoms with van der Waals surface area (Å²) in [5.41, 5.74) is 6.84. The van der Waals surface area contributed by atoms with E-state index < -0.39 is 0 Å². The van der Waals surface area contributed by atoms with Crippen LogP contribution in [0.25, 0.3) is 0 Å². The Kier molecular flexibility index (Phi) is 7.39. The predicted octanol–water partition coefficient (Wildman–Crippen LogP) is 2.12. The number of hydrogen-bond donors (Lipinski definition) is 2. The summed E-state index contributed by atoms with van der Waals surface area (Å²) < 4.78 is 0. The van der Waals surface area contributed by atoms with E-state index in [0.29, 0.717) is 24.3 Å². The Balaban J connectivity index is 0.00000400. The lowest BCUT2D eigenvalue weighted by Gasteiger charge is -2.29. The molecule has 0 saturated heterocycles. The first-order valence-electron chi connectivity index (χ1n) is 6.58. The molecule has 0 aromatic heterocycles. The van der Waals surface area contributed by atoms with Gasteiger partial charge in [0, 0.05) is 31.8 Å². The van der Waals surface area contributed by atoms with Gasteiger partial charge in [0.1, 0.15) is 0 Å². The van der Waals surface area contributed by atoms with Gasteiger partial charge in [-0.1, -0.05) is 13.8 Å². The van der Waals surface area contributed by atoms with E-state index in [9.17, 15) is 9.59 Å². The third-order valence-corrected chi connectivity index (χ3v) is 3.02. The second-order valence-electron chi connectivity index (χ2n) is 5.79. The highest BCUT2D eigenvalue weighted by Crippen LogP contribution is 2.16. The zero-order valence-corrected chi connectivity index (χ0v) is 13.8. The van der Waals surface area contributed by atoms with Gasteiger partial charge in [0.15, 0.2) is 0 Å². The minimum absolute atomic E-state index is 0. The summed E-state index contributed by atoms with van der Waals surface area (Å²) in [7, 11) is 1.77. The van der Waals surface area contributed by atoms with Crippen molar-refractivity contribution in [2.75, 3.05) is 25.5 Å². The zero-order valence-electron chi connectivity index (χ0n) is 13.0. The number of rotatable bonds is 5. The maximum Gasteiger partial charge on any atom is 0.253 e. The van der Waals surface area contributed by atoms with Crippen molar-refractivity contribution >= 4 is 29.9 Å². The van der Waals surface area contributed by atoms with Crippen LogP contribution in [0, 0.1) is 5.41 Å². The molecule has 0 radical (unpaired) electrons. The van der Waals surface area contributed by atoms with Crippen molar-refractivity contribution < 1.29 is 9.59 Å². The minimum atomic E-state index is -0.133. The number of benzene rings is 1. The molecular formula is C15H24ClN3O2. The molecule has 0 spiro atoms. The van der Waals surface area contributed by atoms with Gasteiger partial charge < -0.3 is 16.0 Å². The number of carbonyl (C=O) groups is 2. The third-order valence-electron chi connectivity index (χ3n) is 3.02.